The number of alkyl halides is 3. The van der Waals surface area contributed by atoms with Gasteiger partial charge >= 0.3 is 12.1 Å². The monoisotopic (exact) mass is 305 g/mol. The van der Waals surface area contributed by atoms with Crippen molar-refractivity contribution in [2.45, 2.75) is 43.4 Å². The molecular formula is C13H18F3N3O2. The van der Waals surface area contributed by atoms with Crippen LogP contribution >= 0.6 is 0 Å². The summed E-state index contributed by atoms with van der Waals surface area (Å²) < 4.78 is 43.9. The van der Waals surface area contributed by atoms with Crippen molar-refractivity contribution in [3.05, 3.63) is 18.0 Å². The Hall–Kier alpha value is -1.57. The largest absolute Gasteiger partial charge is 0.468 e. The van der Waals surface area contributed by atoms with Crippen molar-refractivity contribution >= 4 is 5.97 Å². The number of nitrogens with one attached hydrogen (secondary N) is 1. The molecule has 1 aromatic heterocycles. The van der Waals surface area contributed by atoms with Crippen LogP contribution in [-0.4, -0.2) is 35.4 Å². The van der Waals surface area contributed by atoms with Crippen LogP contribution in [0.4, 0.5) is 13.2 Å². The Morgan fingerprint density at radius 3 is 2.81 bits per heavy atom. The number of carbonyl (C=O) groups is 1. The van der Waals surface area contributed by atoms with Crippen molar-refractivity contribution in [2.24, 2.45) is 0 Å². The standard InChI is InChI=1S/C13H18F3N3O2/c1-17-12(11(20)21-2)6-3-4-9(8-12)19-7-5-10(18-19)13(14,15)16/h5,7,9,17H,3-4,6,8H2,1-2H3. The minimum atomic E-state index is -4.46. The Labute approximate surface area is 120 Å². The third-order valence-corrected chi connectivity index (χ3v) is 4.05. The van der Waals surface area contributed by atoms with Crippen LogP contribution in [0, 0.1) is 0 Å². The summed E-state index contributed by atoms with van der Waals surface area (Å²) in [6.07, 6.45) is -0.796. The minimum absolute atomic E-state index is 0.263. The van der Waals surface area contributed by atoms with Gasteiger partial charge in [-0.05, 0) is 38.8 Å². The van der Waals surface area contributed by atoms with Crippen LogP contribution in [0.3, 0.4) is 0 Å². The summed E-state index contributed by atoms with van der Waals surface area (Å²) in [5.41, 5.74) is -1.77. The van der Waals surface area contributed by atoms with Crippen molar-refractivity contribution in [3.8, 4) is 0 Å². The summed E-state index contributed by atoms with van der Waals surface area (Å²) in [5, 5.41) is 6.57. The van der Waals surface area contributed by atoms with Gasteiger partial charge in [-0.1, -0.05) is 0 Å². The summed E-state index contributed by atoms with van der Waals surface area (Å²) in [5.74, 6) is -0.391. The van der Waals surface area contributed by atoms with Gasteiger partial charge in [-0.2, -0.15) is 18.3 Å². The molecule has 2 rings (SSSR count). The number of methoxy groups -OCH3 is 1. The molecule has 1 aromatic rings. The van der Waals surface area contributed by atoms with Crippen molar-refractivity contribution in [1.29, 1.82) is 0 Å². The third kappa shape index (κ3) is 3.04. The van der Waals surface area contributed by atoms with E-state index in [9.17, 15) is 18.0 Å². The SMILES string of the molecule is CNC1(C(=O)OC)CCCC(n2ccc(C(F)(F)F)n2)C1. The number of carbonyl (C=O) groups excluding carboxylic acids is 1. The number of likely N-dealkylation sites (N-methyl/N-ethyl adjacent to an activating group) is 1. The van der Waals surface area contributed by atoms with E-state index < -0.39 is 23.4 Å². The Kier molecular flexibility index (Phi) is 4.27. The van der Waals surface area contributed by atoms with Gasteiger partial charge in [-0.15, -0.1) is 0 Å². The fourth-order valence-electron chi connectivity index (χ4n) is 2.87. The number of nitrogens with zero attached hydrogens (tertiary/aromatic N) is 2. The van der Waals surface area contributed by atoms with E-state index in [1.807, 2.05) is 0 Å². The Balaban J connectivity index is 2.21. The van der Waals surface area contributed by atoms with E-state index in [-0.39, 0.29) is 6.04 Å². The highest BCUT2D eigenvalue weighted by Crippen LogP contribution is 2.37. The van der Waals surface area contributed by atoms with Crippen molar-refractivity contribution < 1.29 is 22.7 Å². The lowest BCUT2D eigenvalue weighted by atomic mass is 9.79. The maximum absolute atomic E-state index is 12.6. The summed E-state index contributed by atoms with van der Waals surface area (Å²) in [7, 11) is 2.96. The highest BCUT2D eigenvalue weighted by molar-refractivity contribution is 5.80. The molecule has 1 aliphatic carbocycles. The van der Waals surface area contributed by atoms with Crippen LogP contribution in [0.1, 0.15) is 37.4 Å². The first-order chi connectivity index (χ1) is 9.82. The quantitative estimate of drug-likeness (QED) is 0.869. The summed E-state index contributed by atoms with van der Waals surface area (Å²) in [4.78, 5) is 12.0. The van der Waals surface area contributed by atoms with Crippen LogP contribution in [0.2, 0.25) is 0 Å². The van der Waals surface area contributed by atoms with Gasteiger partial charge in [0, 0.05) is 6.20 Å². The first kappa shape index (κ1) is 15.8. The summed E-state index contributed by atoms with van der Waals surface area (Å²) in [6.45, 7) is 0. The second-order valence-electron chi connectivity index (χ2n) is 5.25. The number of hydrogen-bond acceptors (Lipinski definition) is 4. The van der Waals surface area contributed by atoms with E-state index in [0.717, 1.165) is 6.07 Å². The number of aromatic nitrogens is 2. The van der Waals surface area contributed by atoms with E-state index in [2.05, 4.69) is 10.4 Å². The molecule has 0 radical (unpaired) electrons. The Morgan fingerprint density at radius 2 is 2.29 bits per heavy atom. The number of rotatable bonds is 3. The van der Waals surface area contributed by atoms with Crippen LogP contribution < -0.4 is 5.32 Å². The molecule has 0 spiro atoms. The number of esters is 1. The molecule has 5 nitrogen and oxygen atoms in total. The Morgan fingerprint density at radius 1 is 1.57 bits per heavy atom. The van der Waals surface area contributed by atoms with Crippen molar-refractivity contribution in [3.63, 3.8) is 0 Å². The predicted molar refractivity (Wildman–Crippen MR) is 68.5 cm³/mol. The molecule has 118 valence electrons. The van der Waals surface area contributed by atoms with Crippen LogP contribution in [0.15, 0.2) is 12.3 Å². The molecule has 8 heteroatoms. The van der Waals surface area contributed by atoms with E-state index in [0.29, 0.717) is 25.7 Å². The van der Waals surface area contributed by atoms with Gasteiger partial charge in [-0.3, -0.25) is 9.48 Å². The molecule has 1 heterocycles. The van der Waals surface area contributed by atoms with Gasteiger partial charge in [0.25, 0.3) is 0 Å². The topological polar surface area (TPSA) is 56.1 Å². The number of halogens is 3. The molecule has 1 N–H and O–H groups in total. The molecule has 1 aliphatic rings. The molecule has 0 aromatic carbocycles. The molecule has 2 atom stereocenters. The zero-order valence-electron chi connectivity index (χ0n) is 11.9. The fourth-order valence-corrected chi connectivity index (χ4v) is 2.87. The minimum Gasteiger partial charge on any atom is -0.468 e. The maximum atomic E-state index is 12.6. The van der Waals surface area contributed by atoms with Crippen molar-refractivity contribution in [1.82, 2.24) is 15.1 Å². The lowest BCUT2D eigenvalue weighted by Gasteiger charge is -2.38. The zero-order valence-corrected chi connectivity index (χ0v) is 11.9. The molecule has 0 saturated heterocycles. The van der Waals surface area contributed by atoms with Crippen LogP contribution in [0.25, 0.3) is 0 Å². The lowest BCUT2D eigenvalue weighted by molar-refractivity contribution is -0.151. The second-order valence-corrected chi connectivity index (χ2v) is 5.25. The highest BCUT2D eigenvalue weighted by atomic mass is 19.4. The lowest BCUT2D eigenvalue weighted by Crippen LogP contribution is -2.54. The van der Waals surface area contributed by atoms with Gasteiger partial charge in [0.1, 0.15) is 5.54 Å². The Bertz CT molecular complexity index is 515. The highest BCUT2D eigenvalue weighted by Gasteiger charge is 2.44. The maximum Gasteiger partial charge on any atom is 0.435 e. The molecule has 0 amide bonds. The number of hydrogen-bond donors (Lipinski definition) is 1. The zero-order chi connectivity index (χ0) is 15.7. The third-order valence-electron chi connectivity index (χ3n) is 4.05. The molecule has 1 fully saturated rings. The molecule has 0 aliphatic heterocycles. The normalized spacial score (nSPS) is 26.6. The average molecular weight is 305 g/mol. The van der Waals surface area contributed by atoms with E-state index >= 15 is 0 Å². The van der Waals surface area contributed by atoms with Gasteiger partial charge in [0.05, 0.1) is 13.2 Å². The van der Waals surface area contributed by atoms with Gasteiger partial charge < -0.3 is 10.1 Å². The van der Waals surface area contributed by atoms with Gasteiger partial charge in [0.15, 0.2) is 5.69 Å². The average Bonchev–Trinajstić information content (AvgIpc) is 2.96. The van der Waals surface area contributed by atoms with Crippen LogP contribution in [-0.2, 0) is 15.7 Å². The summed E-state index contributed by atoms with van der Waals surface area (Å²) >= 11 is 0. The smallest absolute Gasteiger partial charge is 0.435 e. The predicted octanol–water partition coefficient (Wildman–Crippen LogP) is 2.15. The van der Waals surface area contributed by atoms with E-state index in [1.54, 1.807) is 7.05 Å². The van der Waals surface area contributed by atoms with Gasteiger partial charge in [0.2, 0.25) is 0 Å². The van der Waals surface area contributed by atoms with Crippen LogP contribution in [0.5, 0.6) is 0 Å². The molecule has 21 heavy (non-hydrogen) atoms. The van der Waals surface area contributed by atoms with Gasteiger partial charge in [-0.25, -0.2) is 0 Å². The first-order valence-corrected chi connectivity index (χ1v) is 6.72. The van der Waals surface area contributed by atoms with Crippen molar-refractivity contribution in [2.75, 3.05) is 14.2 Å². The van der Waals surface area contributed by atoms with E-state index in [4.69, 9.17) is 4.74 Å². The molecule has 0 bridgehead atoms. The van der Waals surface area contributed by atoms with E-state index in [1.165, 1.54) is 18.0 Å². The molecule has 1 saturated carbocycles. The summed E-state index contributed by atoms with van der Waals surface area (Å²) in [6, 6.07) is 0.690. The second kappa shape index (κ2) is 5.67. The fraction of sp³-hybridized carbons (Fsp3) is 0.692. The molecule has 2 unspecified atom stereocenters. The molecular weight excluding hydrogens is 287 g/mol. The first-order valence-electron chi connectivity index (χ1n) is 6.72. The number of ether oxygens (including phenoxy) is 1.